The minimum atomic E-state index is -3.72. The van der Waals surface area contributed by atoms with Crippen LogP contribution >= 0.6 is 11.3 Å². The highest BCUT2D eigenvalue weighted by atomic mass is 32.2. The Kier molecular flexibility index (Phi) is 6.49. The molecule has 0 aliphatic heterocycles. The van der Waals surface area contributed by atoms with Gasteiger partial charge in [0, 0.05) is 13.6 Å². The van der Waals surface area contributed by atoms with Crippen molar-refractivity contribution in [2.45, 2.75) is 38.0 Å². The highest BCUT2D eigenvalue weighted by molar-refractivity contribution is 7.93. The van der Waals surface area contributed by atoms with Gasteiger partial charge in [0.2, 0.25) is 11.0 Å². The van der Waals surface area contributed by atoms with Crippen LogP contribution in [0.5, 0.6) is 0 Å². The molecule has 1 aromatic heterocycles. The summed E-state index contributed by atoms with van der Waals surface area (Å²) in [5, 5.41) is 8.33. The molecule has 0 fully saturated rings. The number of amides is 1. The van der Waals surface area contributed by atoms with Crippen LogP contribution in [0.2, 0.25) is 0 Å². The van der Waals surface area contributed by atoms with E-state index in [-0.39, 0.29) is 22.4 Å². The average molecular weight is 383 g/mol. The fourth-order valence-corrected chi connectivity index (χ4v) is 4.07. The van der Waals surface area contributed by atoms with Gasteiger partial charge in [-0.05, 0) is 31.0 Å². The molecule has 1 aromatic carbocycles. The molecule has 2 rings (SSSR count). The van der Waals surface area contributed by atoms with Gasteiger partial charge in [-0.1, -0.05) is 36.8 Å². The van der Waals surface area contributed by atoms with Gasteiger partial charge >= 0.3 is 0 Å². The van der Waals surface area contributed by atoms with Crippen LogP contribution < -0.4 is 4.72 Å². The molecule has 0 bridgehead atoms. The summed E-state index contributed by atoms with van der Waals surface area (Å²) < 4.78 is 27.2. The van der Waals surface area contributed by atoms with Gasteiger partial charge in [0.25, 0.3) is 10.0 Å². The molecule has 0 aliphatic carbocycles. The third-order valence-corrected chi connectivity index (χ3v) is 5.99. The summed E-state index contributed by atoms with van der Waals surface area (Å²) in [6.45, 7) is 4.55. The predicted molar refractivity (Wildman–Crippen MR) is 98.2 cm³/mol. The van der Waals surface area contributed by atoms with Crippen LogP contribution in [0.4, 0.5) is 5.13 Å². The number of nitrogens with one attached hydrogen (secondary N) is 1. The molecule has 0 atom stereocenters. The van der Waals surface area contributed by atoms with Crippen molar-refractivity contribution in [1.29, 1.82) is 0 Å². The molecule has 9 heteroatoms. The number of hydrogen-bond donors (Lipinski definition) is 1. The Bertz CT molecular complexity index is 816. The molecule has 0 saturated carbocycles. The number of carbonyl (C=O) groups excluding carboxylic acids is 1. The van der Waals surface area contributed by atoms with Crippen LogP contribution in [0.25, 0.3) is 0 Å². The molecule has 1 amide bonds. The van der Waals surface area contributed by atoms with E-state index in [1.165, 1.54) is 0 Å². The number of aryl methyl sites for hydroxylation is 1. The van der Waals surface area contributed by atoms with Crippen LogP contribution in [0, 0.1) is 0 Å². The Hall–Kier alpha value is -2.00. The van der Waals surface area contributed by atoms with Crippen molar-refractivity contribution < 1.29 is 13.2 Å². The Balaban J connectivity index is 2.07. The summed E-state index contributed by atoms with van der Waals surface area (Å²) in [6.07, 6.45) is 2.02. The molecular weight excluding hydrogens is 360 g/mol. The van der Waals surface area contributed by atoms with Crippen molar-refractivity contribution in [2.75, 3.05) is 18.3 Å². The summed E-state index contributed by atoms with van der Waals surface area (Å²) in [4.78, 5) is 13.6. The zero-order valence-electron chi connectivity index (χ0n) is 14.5. The summed E-state index contributed by atoms with van der Waals surface area (Å²) in [5.41, 5.74) is 1.10. The van der Waals surface area contributed by atoms with E-state index in [1.807, 2.05) is 19.1 Å². The lowest BCUT2D eigenvalue weighted by Gasteiger charge is -2.12. The van der Waals surface area contributed by atoms with Crippen molar-refractivity contribution in [3.63, 3.8) is 0 Å². The van der Waals surface area contributed by atoms with E-state index >= 15 is 0 Å². The number of rotatable bonds is 8. The lowest BCUT2D eigenvalue weighted by atomic mass is 10.1. The second-order valence-electron chi connectivity index (χ2n) is 5.59. The summed E-state index contributed by atoms with van der Waals surface area (Å²) in [6, 6.07) is 6.77. The van der Waals surface area contributed by atoms with E-state index in [0.29, 0.717) is 11.6 Å². The van der Waals surface area contributed by atoms with E-state index < -0.39 is 10.0 Å². The van der Waals surface area contributed by atoms with Crippen molar-refractivity contribution in [2.24, 2.45) is 0 Å². The summed E-state index contributed by atoms with van der Waals surface area (Å²) >= 11 is 1.06. The smallest absolute Gasteiger partial charge is 0.263 e. The second-order valence-corrected chi connectivity index (χ2v) is 8.33. The fourth-order valence-electron chi connectivity index (χ4n) is 2.10. The third kappa shape index (κ3) is 5.23. The summed E-state index contributed by atoms with van der Waals surface area (Å²) in [7, 11) is -2.02. The van der Waals surface area contributed by atoms with Crippen molar-refractivity contribution in [3.05, 3.63) is 34.8 Å². The first-order chi connectivity index (χ1) is 11.9. The quantitative estimate of drug-likeness (QED) is 0.756. The zero-order chi connectivity index (χ0) is 18.4. The van der Waals surface area contributed by atoms with Gasteiger partial charge in [0.1, 0.15) is 5.01 Å². The molecule has 136 valence electrons. The Labute approximate surface area is 152 Å². The van der Waals surface area contributed by atoms with E-state index in [2.05, 4.69) is 21.8 Å². The van der Waals surface area contributed by atoms with Crippen LogP contribution in [0.1, 0.15) is 30.8 Å². The van der Waals surface area contributed by atoms with Crippen LogP contribution in [-0.2, 0) is 27.7 Å². The molecule has 2 aromatic rings. The minimum absolute atomic E-state index is 0.0837. The fraction of sp³-hybridized carbons (Fsp3) is 0.438. The first-order valence-corrected chi connectivity index (χ1v) is 10.3. The number of likely N-dealkylation sites (N-methyl/N-ethyl adjacent to an activating group) is 1. The zero-order valence-corrected chi connectivity index (χ0v) is 16.2. The SMILES string of the molecule is CCCc1ccc(S(=O)(=O)Nc2nnc(CC(=O)N(C)CC)s2)cc1. The number of carbonyl (C=O) groups is 1. The maximum absolute atomic E-state index is 12.4. The maximum atomic E-state index is 12.4. The van der Waals surface area contributed by atoms with Crippen molar-refractivity contribution in [1.82, 2.24) is 15.1 Å². The number of hydrogen-bond acceptors (Lipinski definition) is 6. The molecule has 0 saturated heterocycles. The summed E-state index contributed by atoms with van der Waals surface area (Å²) in [5.74, 6) is -0.0837. The van der Waals surface area contributed by atoms with Gasteiger partial charge in [0.15, 0.2) is 0 Å². The highest BCUT2D eigenvalue weighted by Crippen LogP contribution is 2.21. The van der Waals surface area contributed by atoms with Crippen LogP contribution in [0.3, 0.4) is 0 Å². The molecule has 1 N–H and O–H groups in total. The Morgan fingerprint density at radius 1 is 1.20 bits per heavy atom. The van der Waals surface area contributed by atoms with Crippen molar-refractivity contribution >= 4 is 32.4 Å². The molecular formula is C16H22N4O3S2. The van der Waals surface area contributed by atoms with E-state index in [0.717, 1.165) is 29.7 Å². The standard InChI is InChI=1S/C16H22N4O3S2/c1-4-6-12-7-9-13(10-8-12)25(22,23)19-16-18-17-14(24-16)11-15(21)20(3)5-2/h7-10H,4-6,11H2,1-3H3,(H,18,19). The molecule has 7 nitrogen and oxygen atoms in total. The normalized spacial score (nSPS) is 11.3. The first-order valence-electron chi connectivity index (χ1n) is 8.03. The van der Waals surface area contributed by atoms with Gasteiger partial charge in [-0.15, -0.1) is 10.2 Å². The first kappa shape index (κ1) is 19.3. The monoisotopic (exact) mass is 382 g/mol. The molecule has 0 radical (unpaired) electrons. The molecule has 0 unspecified atom stereocenters. The van der Waals surface area contributed by atoms with Gasteiger partial charge in [0.05, 0.1) is 11.3 Å². The van der Waals surface area contributed by atoms with E-state index in [1.54, 1.807) is 24.1 Å². The molecule has 0 aliphatic rings. The number of sulfonamides is 1. The number of anilines is 1. The molecule has 0 spiro atoms. The number of nitrogens with zero attached hydrogens (tertiary/aromatic N) is 3. The van der Waals surface area contributed by atoms with Crippen molar-refractivity contribution in [3.8, 4) is 0 Å². The Morgan fingerprint density at radius 3 is 2.48 bits per heavy atom. The van der Waals surface area contributed by atoms with Crippen LogP contribution in [0.15, 0.2) is 29.2 Å². The van der Waals surface area contributed by atoms with Gasteiger partial charge in [-0.2, -0.15) is 0 Å². The van der Waals surface area contributed by atoms with E-state index in [4.69, 9.17) is 0 Å². The molecule has 1 heterocycles. The average Bonchev–Trinajstić information content (AvgIpc) is 3.01. The van der Waals surface area contributed by atoms with Gasteiger partial charge in [-0.3, -0.25) is 9.52 Å². The third-order valence-electron chi connectivity index (χ3n) is 3.66. The Morgan fingerprint density at radius 2 is 1.88 bits per heavy atom. The number of benzene rings is 1. The minimum Gasteiger partial charge on any atom is -0.346 e. The second kappa shape index (κ2) is 8.39. The maximum Gasteiger partial charge on any atom is 0.263 e. The number of aromatic nitrogens is 2. The largest absolute Gasteiger partial charge is 0.346 e. The topological polar surface area (TPSA) is 92.3 Å². The lowest BCUT2D eigenvalue weighted by Crippen LogP contribution is -2.27. The highest BCUT2D eigenvalue weighted by Gasteiger charge is 2.18. The predicted octanol–water partition coefficient (Wildman–Crippen LogP) is 2.31. The molecule has 25 heavy (non-hydrogen) atoms. The van der Waals surface area contributed by atoms with Gasteiger partial charge in [-0.25, -0.2) is 8.42 Å². The lowest BCUT2D eigenvalue weighted by molar-refractivity contribution is -0.128. The van der Waals surface area contributed by atoms with Gasteiger partial charge < -0.3 is 4.90 Å². The van der Waals surface area contributed by atoms with E-state index in [9.17, 15) is 13.2 Å². The van der Waals surface area contributed by atoms with Crippen LogP contribution in [-0.4, -0.2) is 43.0 Å².